The van der Waals surface area contributed by atoms with Gasteiger partial charge < -0.3 is 24.7 Å². The molecule has 1 aliphatic heterocycles. The normalized spacial score (nSPS) is 19.5. The summed E-state index contributed by atoms with van der Waals surface area (Å²) in [6.45, 7) is 0. The van der Waals surface area contributed by atoms with Crippen molar-refractivity contribution in [1.82, 2.24) is 0 Å². The fraction of sp³-hybridized carbons (Fsp3) is 0.231. The van der Waals surface area contributed by atoms with E-state index in [0.29, 0.717) is 0 Å². The summed E-state index contributed by atoms with van der Waals surface area (Å²) in [6.07, 6.45) is 1.78. The largest absolute Gasteiger partial charge is 0.496 e. The van der Waals surface area contributed by atoms with E-state index in [2.05, 4.69) is 78.9 Å². The molecule has 5 nitrogen and oxygen atoms in total. The molecule has 6 heteroatoms. The second kappa shape index (κ2) is 13.8. The minimum Gasteiger partial charge on any atom is -0.496 e. The molecule has 230 valence electrons. The molecule has 0 radical (unpaired) electrons. The van der Waals surface area contributed by atoms with Crippen LogP contribution in [0.3, 0.4) is 0 Å². The lowest BCUT2D eigenvalue weighted by molar-refractivity contribution is 0.397. The van der Waals surface area contributed by atoms with Gasteiger partial charge in [0.05, 0.1) is 39.6 Å². The van der Waals surface area contributed by atoms with Crippen molar-refractivity contribution in [3.8, 4) is 45.3 Å². The van der Waals surface area contributed by atoms with Crippen LogP contribution < -0.4 is 30.0 Å². The fourth-order valence-electron chi connectivity index (χ4n) is 6.83. The van der Waals surface area contributed by atoms with Crippen LogP contribution in [-0.4, -0.2) is 34.5 Å². The second-order valence-corrected chi connectivity index (χ2v) is 13.8. The smallest absolute Gasteiger partial charge is 0.130 e. The molecule has 0 aliphatic carbocycles. The first-order valence-electron chi connectivity index (χ1n) is 15.3. The van der Waals surface area contributed by atoms with Crippen molar-refractivity contribution in [2.45, 2.75) is 30.2 Å². The standard InChI is InChI=1S/C39H40NO4P/c1-41-31-20-12-21-32(42-2)37(31)29-18-11-19-30(38-33(43-3)22-13-23-34(38)44-4)39(29)45-35(26-14-7-5-8-15-26)24-28(40)25-36(45)27-16-9-6-10-17-27/h5-23,28,35-36H,24-25,40H2,1-4H3. The molecular formula is C39H40NO4P. The lowest BCUT2D eigenvalue weighted by Gasteiger charge is -2.44. The van der Waals surface area contributed by atoms with E-state index < -0.39 is 7.92 Å². The predicted octanol–water partition coefficient (Wildman–Crippen LogP) is 8.77. The Hall–Kier alpha value is -4.31. The number of ether oxygens (including phenoxy) is 4. The topological polar surface area (TPSA) is 62.9 Å². The van der Waals surface area contributed by atoms with E-state index in [-0.39, 0.29) is 17.4 Å². The van der Waals surface area contributed by atoms with Crippen LogP contribution >= 0.6 is 7.92 Å². The van der Waals surface area contributed by atoms with Crippen molar-refractivity contribution in [2.75, 3.05) is 28.4 Å². The summed E-state index contributed by atoms with van der Waals surface area (Å²) >= 11 is 0. The third-order valence-corrected chi connectivity index (χ3v) is 12.1. The maximum absolute atomic E-state index is 6.94. The first-order valence-corrected chi connectivity index (χ1v) is 16.8. The van der Waals surface area contributed by atoms with E-state index in [1.807, 2.05) is 36.4 Å². The van der Waals surface area contributed by atoms with E-state index >= 15 is 0 Å². The summed E-state index contributed by atoms with van der Waals surface area (Å²) in [5, 5.41) is 1.26. The highest BCUT2D eigenvalue weighted by molar-refractivity contribution is 7.67. The molecular weight excluding hydrogens is 577 g/mol. The van der Waals surface area contributed by atoms with Crippen LogP contribution in [0.2, 0.25) is 0 Å². The Morgan fingerprint density at radius 2 is 0.844 bits per heavy atom. The average molecular weight is 618 g/mol. The molecule has 2 atom stereocenters. The molecule has 1 saturated heterocycles. The summed E-state index contributed by atoms with van der Waals surface area (Å²) in [5.41, 5.74) is 14.0. The molecule has 1 fully saturated rings. The van der Waals surface area contributed by atoms with E-state index in [1.165, 1.54) is 16.4 Å². The van der Waals surface area contributed by atoms with Crippen LogP contribution in [0.1, 0.15) is 35.3 Å². The highest BCUT2D eigenvalue weighted by Crippen LogP contribution is 2.69. The average Bonchev–Trinajstić information content (AvgIpc) is 3.11. The van der Waals surface area contributed by atoms with Gasteiger partial charge in [0, 0.05) is 17.4 Å². The van der Waals surface area contributed by atoms with Crippen LogP contribution in [0.15, 0.2) is 115 Å². The Bertz CT molecular complexity index is 1580. The van der Waals surface area contributed by atoms with Gasteiger partial charge in [-0.2, -0.15) is 0 Å². The maximum Gasteiger partial charge on any atom is 0.130 e. The van der Waals surface area contributed by atoms with Crippen LogP contribution in [-0.2, 0) is 0 Å². The van der Waals surface area contributed by atoms with Gasteiger partial charge in [-0.1, -0.05) is 98.9 Å². The van der Waals surface area contributed by atoms with Gasteiger partial charge in [0.2, 0.25) is 0 Å². The number of nitrogens with two attached hydrogens (primary N) is 1. The van der Waals surface area contributed by atoms with Gasteiger partial charge >= 0.3 is 0 Å². The molecule has 0 amide bonds. The minimum absolute atomic E-state index is 0.0661. The first-order chi connectivity index (χ1) is 22.1. The molecule has 0 aromatic heterocycles. The van der Waals surface area contributed by atoms with Crippen molar-refractivity contribution in [3.05, 3.63) is 126 Å². The van der Waals surface area contributed by atoms with E-state index in [4.69, 9.17) is 24.7 Å². The Kier molecular flexibility index (Phi) is 9.39. The second-order valence-electron chi connectivity index (χ2n) is 11.3. The van der Waals surface area contributed by atoms with Crippen molar-refractivity contribution in [1.29, 1.82) is 0 Å². The molecule has 1 heterocycles. The minimum atomic E-state index is -0.934. The van der Waals surface area contributed by atoms with Gasteiger partial charge in [-0.25, -0.2) is 0 Å². The quantitative estimate of drug-likeness (QED) is 0.168. The van der Waals surface area contributed by atoms with Crippen LogP contribution in [0.4, 0.5) is 0 Å². The highest BCUT2D eigenvalue weighted by atomic mass is 31.1. The summed E-state index contributed by atoms with van der Waals surface area (Å²) in [6, 6.07) is 40.3. The molecule has 0 bridgehead atoms. The van der Waals surface area contributed by atoms with Crippen LogP contribution in [0, 0.1) is 0 Å². The molecule has 5 aromatic rings. The highest BCUT2D eigenvalue weighted by Gasteiger charge is 2.42. The summed E-state index contributed by atoms with van der Waals surface area (Å²) in [5.74, 6) is 3.04. The Labute approximate surface area is 267 Å². The maximum atomic E-state index is 6.94. The summed E-state index contributed by atoms with van der Waals surface area (Å²) < 4.78 is 24.1. The molecule has 0 saturated carbocycles. The number of hydrogen-bond acceptors (Lipinski definition) is 5. The van der Waals surface area contributed by atoms with Gasteiger partial charge in [-0.05, 0) is 64.7 Å². The number of rotatable bonds is 9. The van der Waals surface area contributed by atoms with Crippen molar-refractivity contribution in [2.24, 2.45) is 5.73 Å². The molecule has 0 spiro atoms. The zero-order valence-electron chi connectivity index (χ0n) is 26.3. The first kappa shape index (κ1) is 30.7. The van der Waals surface area contributed by atoms with E-state index in [0.717, 1.165) is 58.1 Å². The molecule has 2 unspecified atom stereocenters. The Morgan fingerprint density at radius 3 is 1.20 bits per heavy atom. The van der Waals surface area contributed by atoms with Crippen LogP contribution in [0.5, 0.6) is 23.0 Å². The molecule has 6 rings (SSSR count). The monoisotopic (exact) mass is 617 g/mol. The molecule has 1 aliphatic rings. The fourth-order valence-corrected chi connectivity index (χ4v) is 10.8. The van der Waals surface area contributed by atoms with Crippen molar-refractivity contribution in [3.63, 3.8) is 0 Å². The third kappa shape index (κ3) is 5.91. The van der Waals surface area contributed by atoms with Crippen molar-refractivity contribution >= 4 is 13.2 Å². The van der Waals surface area contributed by atoms with Gasteiger partial charge in [0.1, 0.15) is 23.0 Å². The third-order valence-electron chi connectivity index (χ3n) is 8.78. The number of benzene rings is 5. The lowest BCUT2D eigenvalue weighted by atomic mass is 9.96. The Morgan fingerprint density at radius 1 is 0.489 bits per heavy atom. The Balaban J connectivity index is 1.76. The zero-order chi connectivity index (χ0) is 31.3. The SMILES string of the molecule is COc1cccc(OC)c1-c1cccc(-c2c(OC)cccc2OC)c1P1C(c2ccccc2)CC(N)CC1c1ccccc1. The van der Waals surface area contributed by atoms with Gasteiger partial charge in [-0.3, -0.25) is 0 Å². The zero-order valence-corrected chi connectivity index (χ0v) is 27.2. The van der Waals surface area contributed by atoms with Gasteiger partial charge in [0.15, 0.2) is 0 Å². The van der Waals surface area contributed by atoms with Gasteiger partial charge in [0.25, 0.3) is 0 Å². The molecule has 2 N–H and O–H groups in total. The number of methoxy groups -OCH3 is 4. The van der Waals surface area contributed by atoms with E-state index in [1.54, 1.807) is 28.4 Å². The molecule has 45 heavy (non-hydrogen) atoms. The summed E-state index contributed by atoms with van der Waals surface area (Å²) in [7, 11) is 5.94. The number of hydrogen-bond donors (Lipinski definition) is 1. The van der Waals surface area contributed by atoms with Gasteiger partial charge in [-0.15, -0.1) is 0 Å². The van der Waals surface area contributed by atoms with Crippen LogP contribution in [0.25, 0.3) is 22.3 Å². The van der Waals surface area contributed by atoms with Crippen molar-refractivity contribution < 1.29 is 18.9 Å². The van der Waals surface area contributed by atoms with E-state index in [9.17, 15) is 0 Å². The lowest BCUT2D eigenvalue weighted by Crippen LogP contribution is -2.33. The molecule has 5 aromatic carbocycles. The predicted molar refractivity (Wildman–Crippen MR) is 186 cm³/mol. The summed E-state index contributed by atoms with van der Waals surface area (Å²) in [4.78, 5) is 0.